The maximum atomic E-state index is 13.0. The molecule has 4 rings (SSSR count). The third-order valence-electron chi connectivity index (χ3n) is 5.43. The van der Waals surface area contributed by atoms with Gasteiger partial charge in [0.15, 0.2) is 5.78 Å². The van der Waals surface area contributed by atoms with E-state index in [2.05, 4.69) is 24.3 Å². The van der Waals surface area contributed by atoms with Crippen LogP contribution in [0.2, 0.25) is 0 Å². The predicted molar refractivity (Wildman–Crippen MR) is 117 cm³/mol. The molecule has 0 saturated carbocycles. The number of ketones is 1. The summed E-state index contributed by atoms with van der Waals surface area (Å²) in [6, 6.07) is 35.9. The van der Waals surface area contributed by atoms with Gasteiger partial charge in [-0.2, -0.15) is 5.26 Å². The first-order valence-electron chi connectivity index (χ1n) is 9.78. The van der Waals surface area contributed by atoms with Crippen molar-refractivity contribution in [2.45, 2.75) is 18.3 Å². The quantitative estimate of drug-likeness (QED) is 0.361. The fourth-order valence-corrected chi connectivity index (χ4v) is 3.97. The van der Waals surface area contributed by atoms with Crippen LogP contribution in [-0.2, 0) is 0 Å². The van der Waals surface area contributed by atoms with Crippen LogP contribution in [0.1, 0.15) is 39.7 Å². The fraction of sp³-hybridized carbons (Fsp3) is 0.111. The summed E-state index contributed by atoms with van der Waals surface area (Å²) in [5, 5.41) is 12.4. The van der Waals surface area contributed by atoms with Crippen molar-refractivity contribution in [3.05, 3.63) is 120 Å². The van der Waals surface area contributed by atoms with Gasteiger partial charge in [0.25, 0.3) is 0 Å². The summed E-state index contributed by atoms with van der Waals surface area (Å²) in [6.07, 6.45) is 0.287. The van der Waals surface area contributed by atoms with Crippen molar-refractivity contribution >= 4 is 16.6 Å². The molecule has 0 aromatic heterocycles. The van der Waals surface area contributed by atoms with Crippen LogP contribution in [-0.4, -0.2) is 5.78 Å². The third kappa shape index (κ3) is 3.95. The van der Waals surface area contributed by atoms with E-state index in [0.29, 0.717) is 5.56 Å². The molecule has 0 aliphatic heterocycles. The molecule has 0 bridgehead atoms. The number of fused-ring (bicyclic) bond motifs is 1. The number of hydrogen-bond acceptors (Lipinski definition) is 2. The Morgan fingerprint density at radius 1 is 0.759 bits per heavy atom. The predicted octanol–water partition coefficient (Wildman–Crippen LogP) is 6.50. The molecule has 4 aromatic carbocycles. The summed E-state index contributed by atoms with van der Waals surface area (Å²) in [6.45, 7) is 0. The maximum Gasteiger partial charge on any atom is 0.163 e. The summed E-state index contributed by atoms with van der Waals surface area (Å²) in [4.78, 5) is 13.0. The zero-order chi connectivity index (χ0) is 20.1. The topological polar surface area (TPSA) is 40.9 Å². The molecule has 0 amide bonds. The SMILES string of the molecule is N#C[C@H](c1cccc2ccccc12)[C@H](CC(=O)c1ccccc1)c1ccccc1. The van der Waals surface area contributed by atoms with Crippen LogP contribution < -0.4 is 0 Å². The molecule has 2 atom stereocenters. The Balaban J connectivity index is 1.79. The van der Waals surface area contributed by atoms with E-state index >= 15 is 0 Å². The highest BCUT2D eigenvalue weighted by molar-refractivity contribution is 5.96. The van der Waals surface area contributed by atoms with Crippen molar-refractivity contribution in [3.63, 3.8) is 0 Å². The first kappa shape index (κ1) is 18.7. The number of hydrogen-bond donors (Lipinski definition) is 0. The van der Waals surface area contributed by atoms with E-state index in [1.54, 1.807) is 0 Å². The van der Waals surface area contributed by atoms with Gasteiger partial charge < -0.3 is 0 Å². The molecule has 0 unspecified atom stereocenters. The molecule has 0 saturated heterocycles. The largest absolute Gasteiger partial charge is 0.294 e. The summed E-state index contributed by atoms with van der Waals surface area (Å²) >= 11 is 0. The smallest absolute Gasteiger partial charge is 0.163 e. The van der Waals surface area contributed by atoms with Crippen LogP contribution in [0.25, 0.3) is 10.8 Å². The Morgan fingerprint density at radius 3 is 2.10 bits per heavy atom. The summed E-state index contributed by atoms with van der Waals surface area (Å²) in [7, 11) is 0. The van der Waals surface area contributed by atoms with E-state index in [9.17, 15) is 10.1 Å². The first-order valence-corrected chi connectivity index (χ1v) is 9.78. The molecular weight excluding hydrogens is 354 g/mol. The van der Waals surface area contributed by atoms with Crippen LogP contribution in [0.5, 0.6) is 0 Å². The maximum absolute atomic E-state index is 13.0. The molecule has 29 heavy (non-hydrogen) atoms. The number of carbonyl (C=O) groups is 1. The number of nitriles is 1. The molecule has 4 aromatic rings. The Hall–Kier alpha value is -3.70. The van der Waals surface area contributed by atoms with Crippen molar-refractivity contribution in [1.82, 2.24) is 0 Å². The first-order chi connectivity index (χ1) is 14.3. The highest BCUT2D eigenvalue weighted by atomic mass is 16.1. The van der Waals surface area contributed by atoms with E-state index in [1.807, 2.05) is 84.9 Å². The van der Waals surface area contributed by atoms with Crippen molar-refractivity contribution in [2.75, 3.05) is 0 Å². The van der Waals surface area contributed by atoms with Gasteiger partial charge in [-0.15, -0.1) is 0 Å². The standard InChI is InChI=1S/C27H21NO/c28-19-26(24-17-9-15-20-12-7-8-16-23(20)24)25(21-10-3-1-4-11-21)18-27(29)22-13-5-2-6-14-22/h1-17,25-26H,18H2/t25-,26-/m1/s1. The highest BCUT2D eigenvalue weighted by Gasteiger charge is 2.28. The second-order valence-electron chi connectivity index (χ2n) is 7.19. The number of Topliss-reactive ketones (excluding diaryl/α,β-unsaturated/α-hetero) is 1. The van der Waals surface area contributed by atoms with Crippen LogP contribution in [0.3, 0.4) is 0 Å². The number of benzene rings is 4. The van der Waals surface area contributed by atoms with Gasteiger partial charge >= 0.3 is 0 Å². The molecule has 0 spiro atoms. The Morgan fingerprint density at radius 2 is 1.38 bits per heavy atom. The minimum atomic E-state index is -0.420. The molecule has 0 N–H and O–H groups in total. The van der Waals surface area contributed by atoms with Gasteiger partial charge in [0.2, 0.25) is 0 Å². The van der Waals surface area contributed by atoms with Gasteiger partial charge in [-0.1, -0.05) is 103 Å². The van der Waals surface area contributed by atoms with Gasteiger partial charge in [0.05, 0.1) is 12.0 Å². The molecule has 0 aliphatic rings. The number of nitrogens with zero attached hydrogens (tertiary/aromatic N) is 1. The van der Waals surface area contributed by atoms with Crippen molar-refractivity contribution in [3.8, 4) is 6.07 Å². The van der Waals surface area contributed by atoms with E-state index < -0.39 is 5.92 Å². The van der Waals surface area contributed by atoms with Crippen molar-refractivity contribution in [2.24, 2.45) is 0 Å². The van der Waals surface area contributed by atoms with E-state index in [0.717, 1.165) is 21.9 Å². The second kappa shape index (κ2) is 8.54. The Bertz CT molecular complexity index is 1150. The molecule has 0 heterocycles. The van der Waals surface area contributed by atoms with E-state index in [1.165, 1.54) is 0 Å². The molecule has 0 radical (unpaired) electrons. The number of rotatable bonds is 6. The lowest BCUT2D eigenvalue weighted by molar-refractivity contribution is 0.0972. The van der Waals surface area contributed by atoms with Gasteiger partial charge in [-0.3, -0.25) is 4.79 Å². The lowest BCUT2D eigenvalue weighted by Gasteiger charge is -2.24. The minimum Gasteiger partial charge on any atom is -0.294 e. The van der Waals surface area contributed by atoms with Crippen LogP contribution >= 0.6 is 0 Å². The van der Waals surface area contributed by atoms with E-state index in [4.69, 9.17) is 0 Å². The van der Waals surface area contributed by atoms with Crippen molar-refractivity contribution < 1.29 is 4.79 Å². The average Bonchev–Trinajstić information content (AvgIpc) is 2.80. The summed E-state index contributed by atoms with van der Waals surface area (Å²) in [5.74, 6) is -0.587. The van der Waals surface area contributed by atoms with Crippen molar-refractivity contribution in [1.29, 1.82) is 5.26 Å². The molecule has 0 aliphatic carbocycles. The minimum absolute atomic E-state index is 0.0555. The van der Waals surface area contributed by atoms with Gasteiger partial charge in [-0.05, 0) is 21.9 Å². The molecule has 0 fully saturated rings. The van der Waals surface area contributed by atoms with Gasteiger partial charge in [0, 0.05) is 17.9 Å². The average molecular weight is 375 g/mol. The lowest BCUT2D eigenvalue weighted by atomic mass is 9.77. The van der Waals surface area contributed by atoms with E-state index in [-0.39, 0.29) is 18.1 Å². The molecule has 2 heteroatoms. The van der Waals surface area contributed by atoms with Crippen LogP contribution in [0.4, 0.5) is 0 Å². The van der Waals surface area contributed by atoms with Gasteiger partial charge in [0.1, 0.15) is 0 Å². The summed E-state index contributed by atoms with van der Waals surface area (Å²) < 4.78 is 0. The molecular formula is C27H21NO. The zero-order valence-corrected chi connectivity index (χ0v) is 16.0. The highest BCUT2D eigenvalue weighted by Crippen LogP contribution is 2.39. The fourth-order valence-electron chi connectivity index (χ4n) is 3.97. The lowest BCUT2D eigenvalue weighted by Crippen LogP contribution is -2.15. The monoisotopic (exact) mass is 375 g/mol. The van der Waals surface area contributed by atoms with Crippen LogP contribution in [0.15, 0.2) is 103 Å². The molecule has 2 nitrogen and oxygen atoms in total. The second-order valence-corrected chi connectivity index (χ2v) is 7.19. The van der Waals surface area contributed by atoms with Crippen LogP contribution in [0, 0.1) is 11.3 Å². The Kier molecular flexibility index (Phi) is 5.49. The summed E-state index contributed by atoms with van der Waals surface area (Å²) in [5.41, 5.74) is 2.67. The third-order valence-corrected chi connectivity index (χ3v) is 5.43. The zero-order valence-electron chi connectivity index (χ0n) is 16.0. The number of carbonyl (C=O) groups excluding carboxylic acids is 1. The Labute approximate surface area is 171 Å². The molecule has 140 valence electrons. The normalized spacial score (nSPS) is 12.8. The van der Waals surface area contributed by atoms with Gasteiger partial charge in [-0.25, -0.2) is 0 Å².